The van der Waals surface area contributed by atoms with Crippen molar-refractivity contribution in [1.82, 2.24) is 5.32 Å². The van der Waals surface area contributed by atoms with Gasteiger partial charge in [-0.15, -0.1) is 0 Å². The lowest BCUT2D eigenvalue weighted by Crippen LogP contribution is -2.38. The second-order valence-electron chi connectivity index (χ2n) is 4.04. The molecule has 1 aromatic carbocycles. The van der Waals surface area contributed by atoms with Crippen LogP contribution in [0.25, 0.3) is 0 Å². The van der Waals surface area contributed by atoms with Crippen molar-refractivity contribution in [1.29, 1.82) is 0 Å². The molecule has 2 amide bonds. The van der Waals surface area contributed by atoms with Crippen molar-refractivity contribution >= 4 is 23.5 Å². The highest BCUT2D eigenvalue weighted by molar-refractivity contribution is 5.93. The summed E-state index contributed by atoms with van der Waals surface area (Å²) < 4.78 is 0. The summed E-state index contributed by atoms with van der Waals surface area (Å²) in [6, 6.07) is 7.93. The molecule has 102 valence electrons. The van der Waals surface area contributed by atoms with Gasteiger partial charge in [-0.1, -0.05) is 18.2 Å². The lowest BCUT2D eigenvalue weighted by Gasteiger charge is -2.09. The summed E-state index contributed by atoms with van der Waals surface area (Å²) in [6.45, 7) is 1.37. The van der Waals surface area contributed by atoms with Crippen LogP contribution in [0.4, 0.5) is 5.69 Å². The maximum Gasteiger partial charge on any atom is 0.325 e. The van der Waals surface area contributed by atoms with Crippen LogP contribution in [0.15, 0.2) is 30.3 Å². The van der Waals surface area contributed by atoms with E-state index in [1.807, 2.05) is 6.07 Å². The predicted molar refractivity (Wildman–Crippen MR) is 69.5 cm³/mol. The van der Waals surface area contributed by atoms with Crippen molar-refractivity contribution in [3.05, 3.63) is 30.3 Å². The van der Waals surface area contributed by atoms with Gasteiger partial charge in [0.05, 0.1) is 0 Å². The number of carbonyl (C=O) groups is 3. The molecule has 6 heteroatoms. The topological polar surface area (TPSA) is 95.5 Å². The smallest absolute Gasteiger partial charge is 0.325 e. The molecule has 0 aliphatic carbocycles. The second-order valence-corrected chi connectivity index (χ2v) is 4.04. The fourth-order valence-electron chi connectivity index (χ4n) is 1.35. The number of hydrogen-bond acceptors (Lipinski definition) is 3. The molecule has 6 nitrogen and oxygen atoms in total. The van der Waals surface area contributed by atoms with E-state index in [9.17, 15) is 14.4 Å². The molecule has 0 aliphatic heterocycles. The molecule has 1 aromatic rings. The standard InChI is InChI=1S/C13H16N2O4/c1-9(13(18)19)14-11(16)7-8-12(17)15-10-5-3-2-4-6-10/h2-6,9H,7-8H2,1H3,(H,14,16)(H,15,17)(H,18,19). The Kier molecular flexibility index (Phi) is 5.53. The van der Waals surface area contributed by atoms with E-state index >= 15 is 0 Å². The summed E-state index contributed by atoms with van der Waals surface area (Å²) in [7, 11) is 0. The number of aliphatic carboxylic acids is 1. The van der Waals surface area contributed by atoms with E-state index in [1.54, 1.807) is 24.3 Å². The largest absolute Gasteiger partial charge is 0.480 e. The van der Waals surface area contributed by atoms with E-state index in [0.29, 0.717) is 5.69 Å². The van der Waals surface area contributed by atoms with Gasteiger partial charge in [0, 0.05) is 18.5 Å². The Bertz CT molecular complexity index is 459. The maximum absolute atomic E-state index is 11.5. The highest BCUT2D eigenvalue weighted by atomic mass is 16.4. The van der Waals surface area contributed by atoms with E-state index in [2.05, 4.69) is 10.6 Å². The summed E-state index contributed by atoms with van der Waals surface area (Å²) in [5.74, 6) is -1.86. The fraction of sp³-hybridized carbons (Fsp3) is 0.308. The summed E-state index contributed by atoms with van der Waals surface area (Å²) >= 11 is 0. The quantitative estimate of drug-likeness (QED) is 0.714. The molecule has 0 bridgehead atoms. The number of anilines is 1. The minimum absolute atomic E-state index is 0.00701. The minimum atomic E-state index is -1.11. The van der Waals surface area contributed by atoms with Crippen LogP contribution in [0.3, 0.4) is 0 Å². The molecule has 0 aliphatic rings. The lowest BCUT2D eigenvalue weighted by molar-refractivity contribution is -0.141. The average molecular weight is 264 g/mol. The molecule has 0 radical (unpaired) electrons. The van der Waals surface area contributed by atoms with Crippen molar-refractivity contribution in [2.45, 2.75) is 25.8 Å². The van der Waals surface area contributed by atoms with Gasteiger partial charge in [-0.05, 0) is 19.1 Å². The van der Waals surface area contributed by atoms with E-state index in [0.717, 1.165) is 0 Å². The molecule has 0 fully saturated rings. The van der Waals surface area contributed by atoms with Gasteiger partial charge in [0.15, 0.2) is 0 Å². The second kappa shape index (κ2) is 7.15. The van der Waals surface area contributed by atoms with Crippen molar-refractivity contribution < 1.29 is 19.5 Å². The van der Waals surface area contributed by atoms with E-state index in [4.69, 9.17) is 5.11 Å². The summed E-state index contributed by atoms with van der Waals surface area (Å²) in [4.78, 5) is 33.4. The van der Waals surface area contributed by atoms with Gasteiger partial charge in [0.25, 0.3) is 0 Å². The Morgan fingerprint density at radius 1 is 1.11 bits per heavy atom. The van der Waals surface area contributed by atoms with Gasteiger partial charge in [0.1, 0.15) is 6.04 Å². The van der Waals surface area contributed by atoms with Gasteiger partial charge in [-0.3, -0.25) is 14.4 Å². The van der Waals surface area contributed by atoms with Crippen LogP contribution in [-0.4, -0.2) is 28.9 Å². The van der Waals surface area contributed by atoms with Crippen LogP contribution < -0.4 is 10.6 Å². The van der Waals surface area contributed by atoms with Crippen LogP contribution in [0, 0.1) is 0 Å². The number of carboxylic acids is 1. The third-order valence-electron chi connectivity index (χ3n) is 2.38. The van der Waals surface area contributed by atoms with Crippen molar-refractivity contribution in [2.75, 3.05) is 5.32 Å². The zero-order chi connectivity index (χ0) is 14.3. The Morgan fingerprint density at radius 3 is 2.26 bits per heavy atom. The zero-order valence-corrected chi connectivity index (χ0v) is 10.6. The van der Waals surface area contributed by atoms with Gasteiger partial charge in [-0.2, -0.15) is 0 Å². The Balaban J connectivity index is 2.30. The molecule has 0 saturated heterocycles. The van der Waals surface area contributed by atoms with Crippen molar-refractivity contribution in [3.8, 4) is 0 Å². The molecule has 1 atom stereocenters. The Hall–Kier alpha value is -2.37. The number of nitrogens with one attached hydrogen (secondary N) is 2. The fourth-order valence-corrected chi connectivity index (χ4v) is 1.35. The van der Waals surface area contributed by atoms with Crippen LogP contribution >= 0.6 is 0 Å². The number of carbonyl (C=O) groups excluding carboxylic acids is 2. The number of benzene rings is 1. The molecule has 0 saturated carbocycles. The summed E-state index contributed by atoms with van der Waals surface area (Å²) in [5, 5.41) is 13.5. The van der Waals surface area contributed by atoms with Gasteiger partial charge < -0.3 is 15.7 Å². The van der Waals surface area contributed by atoms with E-state index in [-0.39, 0.29) is 18.7 Å². The molecular formula is C13H16N2O4. The number of para-hydroxylation sites is 1. The minimum Gasteiger partial charge on any atom is -0.480 e. The van der Waals surface area contributed by atoms with E-state index in [1.165, 1.54) is 6.92 Å². The molecule has 1 rings (SSSR count). The molecule has 1 unspecified atom stereocenters. The first kappa shape index (κ1) is 14.7. The Morgan fingerprint density at radius 2 is 1.68 bits per heavy atom. The summed E-state index contributed by atoms with van der Waals surface area (Å²) in [5.41, 5.74) is 0.659. The third-order valence-corrected chi connectivity index (χ3v) is 2.38. The number of rotatable bonds is 6. The first-order chi connectivity index (χ1) is 8.99. The highest BCUT2D eigenvalue weighted by Crippen LogP contribution is 2.06. The molecule has 0 spiro atoms. The van der Waals surface area contributed by atoms with Crippen LogP contribution in [0.2, 0.25) is 0 Å². The zero-order valence-electron chi connectivity index (χ0n) is 10.6. The van der Waals surface area contributed by atoms with Crippen LogP contribution in [0.5, 0.6) is 0 Å². The van der Waals surface area contributed by atoms with Crippen molar-refractivity contribution in [2.24, 2.45) is 0 Å². The van der Waals surface area contributed by atoms with Crippen LogP contribution in [-0.2, 0) is 14.4 Å². The monoisotopic (exact) mass is 264 g/mol. The molecule has 0 heterocycles. The molecule has 3 N–H and O–H groups in total. The number of carboxylic acid groups (broad SMARTS) is 1. The maximum atomic E-state index is 11.5. The number of amides is 2. The molecular weight excluding hydrogens is 248 g/mol. The molecule has 0 aromatic heterocycles. The van der Waals surface area contributed by atoms with Gasteiger partial charge >= 0.3 is 5.97 Å². The number of hydrogen-bond donors (Lipinski definition) is 3. The lowest BCUT2D eigenvalue weighted by atomic mass is 10.2. The summed E-state index contributed by atoms with van der Waals surface area (Å²) in [6.07, 6.45) is -0.0383. The first-order valence-electron chi connectivity index (χ1n) is 5.86. The van der Waals surface area contributed by atoms with Gasteiger partial charge in [0.2, 0.25) is 11.8 Å². The molecule has 19 heavy (non-hydrogen) atoms. The predicted octanol–water partition coefficient (Wildman–Crippen LogP) is 0.995. The normalized spacial score (nSPS) is 11.4. The third kappa shape index (κ3) is 5.67. The highest BCUT2D eigenvalue weighted by Gasteiger charge is 2.14. The van der Waals surface area contributed by atoms with Gasteiger partial charge in [-0.25, -0.2) is 0 Å². The Labute approximate surface area is 110 Å². The average Bonchev–Trinajstić information content (AvgIpc) is 2.37. The van der Waals surface area contributed by atoms with Crippen LogP contribution in [0.1, 0.15) is 19.8 Å². The SMILES string of the molecule is CC(NC(=O)CCC(=O)Nc1ccccc1)C(=O)O. The first-order valence-corrected chi connectivity index (χ1v) is 5.86. The van der Waals surface area contributed by atoms with Crippen molar-refractivity contribution in [3.63, 3.8) is 0 Å². The van der Waals surface area contributed by atoms with E-state index < -0.39 is 17.9 Å².